The molecule has 0 radical (unpaired) electrons. The van der Waals surface area contributed by atoms with Crippen molar-refractivity contribution >= 4 is 17.5 Å². The number of aryl methyl sites for hydroxylation is 1. The summed E-state index contributed by atoms with van der Waals surface area (Å²) in [6, 6.07) is 24.9. The van der Waals surface area contributed by atoms with Gasteiger partial charge >= 0.3 is 0 Å². The van der Waals surface area contributed by atoms with Crippen LogP contribution in [0.4, 0.5) is 10.1 Å². The Balaban J connectivity index is 1.46. The van der Waals surface area contributed by atoms with E-state index in [0.29, 0.717) is 11.4 Å². The third-order valence-corrected chi connectivity index (χ3v) is 7.13. The molecule has 1 fully saturated rings. The largest absolute Gasteiger partial charge is 0.387 e. The number of halogens is 1. The number of carbonyl (C=O) groups excluding carboxylic acids is 2. The number of nitrogens with one attached hydrogen (secondary N) is 3. The predicted octanol–water partition coefficient (Wildman–Crippen LogP) is 5.20. The Kier molecular flexibility index (Phi) is 7.30. The maximum absolute atomic E-state index is 14.7. The molecule has 8 heteroatoms. The fraction of sp³-hybridized carbons (Fsp3) is 0.258. The van der Waals surface area contributed by atoms with Crippen molar-refractivity contribution in [3.8, 4) is 11.1 Å². The highest BCUT2D eigenvalue weighted by molar-refractivity contribution is 6.00. The molecule has 4 N–H and O–H groups in total. The normalized spacial score (nSPS) is 15.4. The Hall–Kier alpha value is -4.30. The van der Waals surface area contributed by atoms with Crippen LogP contribution in [0.15, 0.2) is 84.9 Å². The van der Waals surface area contributed by atoms with Crippen molar-refractivity contribution in [2.45, 2.75) is 50.4 Å². The average molecular weight is 527 g/mol. The Bertz CT molecular complexity index is 1410. The smallest absolute Gasteiger partial charge is 0.258 e. The van der Waals surface area contributed by atoms with Crippen LogP contribution in [0.2, 0.25) is 0 Å². The number of anilines is 1. The molecule has 1 aromatic heterocycles. The van der Waals surface area contributed by atoms with E-state index < -0.39 is 35.5 Å². The molecular formula is C31H31FN4O3. The van der Waals surface area contributed by atoms with Gasteiger partial charge in [0.2, 0.25) is 5.91 Å². The van der Waals surface area contributed by atoms with Gasteiger partial charge in [-0.05, 0) is 55.5 Å². The molecule has 1 saturated carbocycles. The maximum atomic E-state index is 14.7. The van der Waals surface area contributed by atoms with Crippen molar-refractivity contribution in [3.05, 3.63) is 107 Å². The summed E-state index contributed by atoms with van der Waals surface area (Å²) in [7, 11) is 0. The van der Waals surface area contributed by atoms with E-state index in [9.17, 15) is 19.1 Å². The number of aromatic nitrogens is 2. The molecule has 0 aliphatic heterocycles. The van der Waals surface area contributed by atoms with Crippen LogP contribution in [0.5, 0.6) is 0 Å². The minimum Gasteiger partial charge on any atom is -0.387 e. The highest BCUT2D eigenvalue weighted by Crippen LogP contribution is 2.40. The van der Waals surface area contributed by atoms with Crippen LogP contribution in [-0.2, 0) is 9.59 Å². The second-order valence-corrected chi connectivity index (χ2v) is 10.1. The first kappa shape index (κ1) is 26.3. The number of aliphatic hydroxyl groups excluding tert-OH is 1. The van der Waals surface area contributed by atoms with Crippen molar-refractivity contribution in [2.24, 2.45) is 0 Å². The summed E-state index contributed by atoms with van der Waals surface area (Å²) in [4.78, 5) is 26.7. The molecule has 1 unspecified atom stereocenters. The van der Waals surface area contributed by atoms with Crippen molar-refractivity contribution in [3.63, 3.8) is 0 Å². The zero-order valence-corrected chi connectivity index (χ0v) is 21.8. The quantitative estimate of drug-likeness (QED) is 0.241. The molecule has 0 spiro atoms. The van der Waals surface area contributed by atoms with Crippen molar-refractivity contribution in [1.82, 2.24) is 15.5 Å². The van der Waals surface area contributed by atoms with Gasteiger partial charge in [0.25, 0.3) is 5.91 Å². The second-order valence-electron chi connectivity index (χ2n) is 10.1. The minimum absolute atomic E-state index is 0.151. The fourth-order valence-corrected chi connectivity index (χ4v) is 4.86. The van der Waals surface area contributed by atoms with Crippen molar-refractivity contribution in [1.29, 1.82) is 0 Å². The Morgan fingerprint density at radius 1 is 0.949 bits per heavy atom. The van der Waals surface area contributed by atoms with Gasteiger partial charge in [-0.2, -0.15) is 5.10 Å². The molecule has 2 atom stereocenters. The molecule has 4 aromatic rings. The molecule has 200 valence electrons. The number of aromatic amines is 1. The van der Waals surface area contributed by atoms with Gasteiger partial charge in [-0.3, -0.25) is 14.7 Å². The lowest BCUT2D eigenvalue weighted by Crippen LogP contribution is -2.50. The number of H-pyrrole nitrogens is 1. The number of carbonyl (C=O) groups is 2. The van der Waals surface area contributed by atoms with E-state index in [1.54, 1.807) is 19.1 Å². The van der Waals surface area contributed by atoms with E-state index >= 15 is 0 Å². The van der Waals surface area contributed by atoms with Crippen LogP contribution in [-0.4, -0.2) is 38.8 Å². The summed E-state index contributed by atoms with van der Waals surface area (Å²) in [5.41, 5.74) is 3.23. The second kappa shape index (κ2) is 10.8. The molecule has 1 aliphatic carbocycles. The number of amides is 2. The summed E-state index contributed by atoms with van der Waals surface area (Å²) in [6.07, 6.45) is -0.442. The third-order valence-electron chi connectivity index (χ3n) is 7.13. The monoisotopic (exact) mass is 526 g/mol. The Morgan fingerprint density at radius 2 is 1.51 bits per heavy atom. The topological polar surface area (TPSA) is 107 Å². The van der Waals surface area contributed by atoms with Crippen LogP contribution in [0.1, 0.15) is 54.3 Å². The van der Waals surface area contributed by atoms with Gasteiger partial charge in [-0.25, -0.2) is 4.39 Å². The lowest BCUT2D eigenvalue weighted by atomic mass is 9.84. The Labute approximate surface area is 226 Å². The zero-order valence-electron chi connectivity index (χ0n) is 21.8. The maximum Gasteiger partial charge on any atom is 0.258 e. The molecular weight excluding hydrogens is 495 g/mol. The molecule has 3 aromatic carbocycles. The van der Waals surface area contributed by atoms with Crippen LogP contribution >= 0.6 is 0 Å². The molecule has 0 saturated heterocycles. The standard InChI is InChI=1S/C31H31FN4O3/c1-19-25(27(20(2)37)36-35-19)23-13-15-24(16-14-23)33-29(38)28(34-30(39)31(32)17-18-31)26(21-9-5-3-6-10-21)22-11-7-4-8-12-22/h3-16,20,26,28,37H,17-18H2,1-2H3,(H,33,38)(H,34,39)(H,35,36)/t20?,28-/m0/s1. The van der Waals surface area contributed by atoms with Crippen molar-refractivity contribution < 1.29 is 19.1 Å². The number of rotatable bonds is 9. The highest BCUT2D eigenvalue weighted by Gasteiger charge is 2.52. The van der Waals surface area contributed by atoms with E-state index in [4.69, 9.17) is 0 Å². The molecule has 7 nitrogen and oxygen atoms in total. The third kappa shape index (κ3) is 5.61. The van der Waals surface area contributed by atoms with Gasteiger partial charge in [-0.1, -0.05) is 72.8 Å². The van der Waals surface area contributed by atoms with E-state index in [0.717, 1.165) is 27.9 Å². The van der Waals surface area contributed by atoms with Gasteiger partial charge in [0.05, 0.1) is 11.8 Å². The van der Waals surface area contributed by atoms with E-state index in [1.165, 1.54) is 0 Å². The molecule has 5 rings (SSSR count). The summed E-state index contributed by atoms with van der Waals surface area (Å²) >= 11 is 0. The molecule has 0 bridgehead atoms. The number of benzene rings is 3. The minimum atomic E-state index is -1.93. The summed E-state index contributed by atoms with van der Waals surface area (Å²) in [5.74, 6) is -1.77. The summed E-state index contributed by atoms with van der Waals surface area (Å²) in [6.45, 7) is 3.53. The first-order valence-corrected chi connectivity index (χ1v) is 13.0. The molecule has 1 aliphatic rings. The van der Waals surface area contributed by atoms with E-state index in [-0.39, 0.29) is 12.8 Å². The number of hydrogen-bond acceptors (Lipinski definition) is 4. The van der Waals surface area contributed by atoms with Gasteiger partial charge < -0.3 is 15.7 Å². The van der Waals surface area contributed by atoms with Gasteiger partial charge in [0, 0.05) is 22.9 Å². The SMILES string of the molecule is Cc1[nH]nc(C(C)O)c1-c1ccc(NC(=O)[C@@H](NC(=O)C2(F)CC2)C(c2ccccc2)c2ccccc2)cc1. The molecule has 39 heavy (non-hydrogen) atoms. The number of hydrogen-bond donors (Lipinski definition) is 4. The first-order valence-electron chi connectivity index (χ1n) is 13.0. The fourth-order valence-electron chi connectivity index (χ4n) is 4.86. The Morgan fingerprint density at radius 3 is 2.03 bits per heavy atom. The van der Waals surface area contributed by atoms with Gasteiger partial charge in [-0.15, -0.1) is 0 Å². The number of aliphatic hydroxyl groups is 1. The van der Waals surface area contributed by atoms with Crippen LogP contribution in [0, 0.1) is 6.92 Å². The lowest BCUT2D eigenvalue weighted by molar-refractivity contribution is -0.131. The van der Waals surface area contributed by atoms with Gasteiger partial charge in [0.1, 0.15) is 6.04 Å². The average Bonchev–Trinajstić information content (AvgIpc) is 3.58. The van der Waals surface area contributed by atoms with Crippen LogP contribution < -0.4 is 10.6 Å². The van der Waals surface area contributed by atoms with Crippen LogP contribution in [0.3, 0.4) is 0 Å². The number of nitrogens with zero attached hydrogens (tertiary/aromatic N) is 1. The van der Waals surface area contributed by atoms with Gasteiger partial charge in [0.15, 0.2) is 5.67 Å². The van der Waals surface area contributed by atoms with E-state index in [2.05, 4.69) is 20.8 Å². The first-order chi connectivity index (χ1) is 18.8. The lowest BCUT2D eigenvalue weighted by Gasteiger charge is -2.29. The zero-order chi connectivity index (χ0) is 27.6. The highest BCUT2D eigenvalue weighted by atomic mass is 19.1. The van der Waals surface area contributed by atoms with E-state index in [1.807, 2.05) is 79.7 Å². The molecule has 1 heterocycles. The number of alkyl halides is 1. The summed E-state index contributed by atoms with van der Waals surface area (Å²) < 4.78 is 14.7. The molecule has 2 amide bonds. The van der Waals surface area contributed by atoms with Crippen LogP contribution in [0.25, 0.3) is 11.1 Å². The summed E-state index contributed by atoms with van der Waals surface area (Å²) in [5, 5.41) is 22.8. The predicted molar refractivity (Wildman–Crippen MR) is 148 cm³/mol. The van der Waals surface area contributed by atoms with Crippen molar-refractivity contribution in [2.75, 3.05) is 5.32 Å².